The van der Waals surface area contributed by atoms with Gasteiger partial charge in [-0.1, -0.05) is 63.2 Å². The molecular weight excluding hydrogens is 392 g/mol. The van der Waals surface area contributed by atoms with E-state index in [1.165, 1.54) is 16.9 Å². The highest BCUT2D eigenvalue weighted by molar-refractivity contribution is 7.14. The normalized spacial score (nSPS) is 16.6. The molecule has 4 rings (SSSR count). The monoisotopic (exact) mass is 420 g/mol. The smallest absolute Gasteiger partial charge is 0.260 e. The number of nitrogens with zero attached hydrogens (tertiary/aromatic N) is 2. The van der Waals surface area contributed by atoms with Gasteiger partial charge in [0.25, 0.3) is 5.91 Å². The first kappa shape index (κ1) is 20.8. The molecular formula is C25H28N2O2S. The molecule has 1 amide bonds. The van der Waals surface area contributed by atoms with Gasteiger partial charge in [-0.25, -0.2) is 4.98 Å². The average molecular weight is 421 g/mol. The number of ether oxygens (including phenoxy) is 1. The number of aromatic nitrogens is 1. The van der Waals surface area contributed by atoms with Crippen LogP contribution in [-0.4, -0.2) is 30.1 Å². The molecule has 30 heavy (non-hydrogen) atoms. The van der Waals surface area contributed by atoms with Crippen LogP contribution in [-0.2, 0) is 10.2 Å². The Morgan fingerprint density at radius 3 is 2.50 bits per heavy atom. The molecule has 0 N–H and O–H groups in total. The Morgan fingerprint density at radius 2 is 1.87 bits per heavy atom. The van der Waals surface area contributed by atoms with Gasteiger partial charge in [0.05, 0.1) is 18.3 Å². The number of thiazole rings is 1. The molecule has 5 heteroatoms. The Morgan fingerprint density at radius 1 is 1.13 bits per heavy atom. The summed E-state index contributed by atoms with van der Waals surface area (Å²) in [6.45, 7) is 7.82. The van der Waals surface area contributed by atoms with Gasteiger partial charge in [0, 0.05) is 23.1 Å². The number of hydrogen-bond acceptors (Lipinski definition) is 4. The quantitative estimate of drug-likeness (QED) is 0.513. The van der Waals surface area contributed by atoms with Crippen molar-refractivity contribution in [3.63, 3.8) is 0 Å². The Kier molecular flexibility index (Phi) is 6.02. The molecule has 0 aliphatic carbocycles. The predicted molar refractivity (Wildman–Crippen MR) is 123 cm³/mol. The van der Waals surface area contributed by atoms with Crippen molar-refractivity contribution < 1.29 is 9.53 Å². The fourth-order valence-electron chi connectivity index (χ4n) is 3.64. The zero-order valence-corrected chi connectivity index (χ0v) is 18.6. The Balaban J connectivity index is 1.63. The van der Waals surface area contributed by atoms with Gasteiger partial charge < -0.3 is 4.74 Å². The number of carbonyl (C=O) groups excluding carboxylic acids is 1. The van der Waals surface area contributed by atoms with Crippen molar-refractivity contribution in [2.45, 2.75) is 45.1 Å². The Labute approximate surface area is 182 Å². The summed E-state index contributed by atoms with van der Waals surface area (Å²) in [6, 6.07) is 18.0. The molecule has 0 unspecified atom stereocenters. The second-order valence-corrected chi connectivity index (χ2v) is 9.60. The summed E-state index contributed by atoms with van der Waals surface area (Å²) in [6.07, 6.45) is 2.08. The minimum Gasteiger partial charge on any atom is -0.376 e. The highest BCUT2D eigenvalue weighted by atomic mass is 32.1. The maximum Gasteiger partial charge on any atom is 0.260 e. The number of benzene rings is 2. The van der Waals surface area contributed by atoms with Gasteiger partial charge in [0.15, 0.2) is 5.13 Å². The first-order chi connectivity index (χ1) is 14.4. The molecule has 3 aromatic rings. The van der Waals surface area contributed by atoms with Gasteiger partial charge in [-0.3, -0.25) is 9.69 Å². The van der Waals surface area contributed by atoms with Crippen molar-refractivity contribution in [3.8, 4) is 11.3 Å². The van der Waals surface area contributed by atoms with E-state index in [4.69, 9.17) is 9.72 Å². The fourth-order valence-corrected chi connectivity index (χ4v) is 4.48. The van der Waals surface area contributed by atoms with E-state index in [0.717, 1.165) is 30.7 Å². The number of carbonyl (C=O) groups is 1. The van der Waals surface area contributed by atoms with Crippen LogP contribution in [0.3, 0.4) is 0 Å². The van der Waals surface area contributed by atoms with Crippen molar-refractivity contribution in [3.05, 3.63) is 71.1 Å². The third-order valence-corrected chi connectivity index (χ3v) is 6.31. The molecule has 0 spiro atoms. The van der Waals surface area contributed by atoms with Gasteiger partial charge in [0.2, 0.25) is 0 Å². The van der Waals surface area contributed by atoms with E-state index < -0.39 is 0 Å². The molecule has 0 saturated carbocycles. The van der Waals surface area contributed by atoms with Gasteiger partial charge in [0.1, 0.15) is 0 Å². The molecule has 1 aliphatic heterocycles. The van der Waals surface area contributed by atoms with Crippen LogP contribution in [0.1, 0.15) is 49.5 Å². The molecule has 2 heterocycles. The average Bonchev–Trinajstić information content (AvgIpc) is 3.44. The van der Waals surface area contributed by atoms with Crippen LogP contribution in [0.2, 0.25) is 0 Å². The van der Waals surface area contributed by atoms with Crippen molar-refractivity contribution in [2.24, 2.45) is 0 Å². The van der Waals surface area contributed by atoms with Crippen LogP contribution in [0.5, 0.6) is 0 Å². The summed E-state index contributed by atoms with van der Waals surface area (Å²) in [5, 5.41) is 2.73. The highest BCUT2D eigenvalue weighted by Gasteiger charge is 2.27. The lowest BCUT2D eigenvalue weighted by Crippen LogP contribution is -2.37. The summed E-state index contributed by atoms with van der Waals surface area (Å²) >= 11 is 1.50. The lowest BCUT2D eigenvalue weighted by atomic mass is 9.86. The molecule has 0 radical (unpaired) electrons. The zero-order chi connectivity index (χ0) is 21.1. The van der Waals surface area contributed by atoms with Crippen LogP contribution < -0.4 is 4.90 Å². The lowest BCUT2D eigenvalue weighted by molar-refractivity contribution is 0.0917. The van der Waals surface area contributed by atoms with E-state index in [9.17, 15) is 4.79 Å². The van der Waals surface area contributed by atoms with Gasteiger partial charge in [-0.15, -0.1) is 11.3 Å². The van der Waals surface area contributed by atoms with E-state index >= 15 is 0 Å². The maximum atomic E-state index is 13.5. The fraction of sp³-hybridized carbons (Fsp3) is 0.360. The first-order valence-corrected chi connectivity index (χ1v) is 11.3. The van der Waals surface area contributed by atoms with E-state index in [0.29, 0.717) is 17.2 Å². The maximum absolute atomic E-state index is 13.5. The van der Waals surface area contributed by atoms with Crippen molar-refractivity contribution in [1.29, 1.82) is 0 Å². The SMILES string of the molecule is CC(C)(C)c1ccc(C(=O)N(C[C@@H]2CCCO2)c2nc(-c3ccccc3)cs2)cc1. The van der Waals surface area contributed by atoms with Gasteiger partial charge >= 0.3 is 0 Å². The molecule has 1 aliphatic rings. The summed E-state index contributed by atoms with van der Waals surface area (Å²) in [4.78, 5) is 20.1. The summed E-state index contributed by atoms with van der Waals surface area (Å²) < 4.78 is 5.83. The zero-order valence-electron chi connectivity index (χ0n) is 17.8. The third-order valence-electron chi connectivity index (χ3n) is 5.45. The van der Waals surface area contributed by atoms with Crippen LogP contribution in [0.4, 0.5) is 5.13 Å². The lowest BCUT2D eigenvalue weighted by Gasteiger charge is -2.24. The highest BCUT2D eigenvalue weighted by Crippen LogP contribution is 2.30. The molecule has 1 atom stereocenters. The summed E-state index contributed by atoms with van der Waals surface area (Å²) in [5.74, 6) is -0.0279. The standard InChI is InChI=1S/C25H28N2O2S/c1-25(2,3)20-13-11-19(12-14-20)23(28)27(16-21-10-7-15-29-21)24-26-22(17-30-24)18-8-5-4-6-9-18/h4-6,8-9,11-14,17,21H,7,10,15-16H2,1-3H3/t21-/m0/s1. The molecule has 2 aromatic carbocycles. The van der Waals surface area contributed by atoms with Crippen LogP contribution in [0.15, 0.2) is 60.0 Å². The van der Waals surface area contributed by atoms with Crippen molar-refractivity contribution >= 4 is 22.4 Å². The van der Waals surface area contributed by atoms with Gasteiger partial charge in [-0.2, -0.15) is 0 Å². The Bertz CT molecular complexity index is 984. The second-order valence-electron chi connectivity index (χ2n) is 8.76. The molecule has 1 saturated heterocycles. The molecule has 1 fully saturated rings. The molecule has 4 nitrogen and oxygen atoms in total. The minimum absolute atomic E-state index is 0.0279. The van der Waals surface area contributed by atoms with Crippen LogP contribution in [0.25, 0.3) is 11.3 Å². The largest absolute Gasteiger partial charge is 0.376 e. The topological polar surface area (TPSA) is 42.4 Å². The summed E-state index contributed by atoms with van der Waals surface area (Å²) in [7, 11) is 0. The van der Waals surface area contributed by atoms with Crippen molar-refractivity contribution in [2.75, 3.05) is 18.1 Å². The van der Waals surface area contributed by atoms with Crippen LogP contribution in [0, 0.1) is 0 Å². The van der Waals surface area contributed by atoms with E-state index in [2.05, 4.69) is 32.9 Å². The van der Waals surface area contributed by atoms with E-state index in [1.54, 1.807) is 4.90 Å². The molecule has 1 aromatic heterocycles. The van der Waals surface area contributed by atoms with E-state index in [-0.39, 0.29) is 17.4 Å². The number of anilines is 1. The number of rotatable bonds is 5. The first-order valence-electron chi connectivity index (χ1n) is 10.5. The van der Waals surface area contributed by atoms with Crippen molar-refractivity contribution in [1.82, 2.24) is 4.98 Å². The van der Waals surface area contributed by atoms with Crippen LogP contribution >= 0.6 is 11.3 Å². The number of amides is 1. The van der Waals surface area contributed by atoms with Gasteiger partial charge in [-0.05, 0) is 36.0 Å². The number of hydrogen-bond donors (Lipinski definition) is 0. The summed E-state index contributed by atoms with van der Waals surface area (Å²) in [5.41, 5.74) is 3.89. The Hall–Kier alpha value is -2.50. The minimum atomic E-state index is -0.0279. The van der Waals surface area contributed by atoms with E-state index in [1.807, 2.05) is 47.8 Å². The predicted octanol–water partition coefficient (Wildman–Crippen LogP) is 5.93. The molecule has 0 bridgehead atoms. The molecule has 156 valence electrons. The third kappa shape index (κ3) is 4.63. The second kappa shape index (κ2) is 8.70.